The number of likely N-dealkylation sites (tertiary alicyclic amines) is 2. The van der Waals surface area contributed by atoms with Crippen LogP contribution in [0.1, 0.15) is 64.4 Å². The number of hydrogen-bond donors (Lipinski definition) is 3. The predicted octanol–water partition coefficient (Wildman–Crippen LogP) is 5.86. The van der Waals surface area contributed by atoms with Crippen LogP contribution in [0.15, 0.2) is 24.3 Å². The highest BCUT2D eigenvalue weighted by atomic mass is 19.1. The number of β-amino-alcohol motifs (C(OH)–C–C–N with tert-alkyl or cyclic N) is 1. The number of aromatic hydroxyl groups is 1. The third-order valence-electron chi connectivity index (χ3n) is 12.7. The van der Waals surface area contributed by atoms with Crippen LogP contribution in [-0.4, -0.2) is 125 Å². The number of hydrogen-bond acceptors (Lipinski definition) is 11. The fourth-order valence-electron chi connectivity index (χ4n) is 10.0. The minimum Gasteiger partial charge on any atom is -0.508 e. The molecule has 4 aliphatic rings. The zero-order valence-electron chi connectivity index (χ0n) is 34.0. The van der Waals surface area contributed by atoms with Gasteiger partial charge in [0.2, 0.25) is 5.88 Å². The number of terminal acetylenes is 1. The van der Waals surface area contributed by atoms with E-state index in [0.717, 1.165) is 71.1 Å². The minimum absolute atomic E-state index is 0.0107. The summed E-state index contributed by atoms with van der Waals surface area (Å²) in [6, 6.07) is 5.65. The number of fused-ring (bicyclic) bond motifs is 3. The molecule has 4 aromatic rings. The Hall–Kier alpha value is -5.04. The van der Waals surface area contributed by atoms with Crippen molar-refractivity contribution in [1.82, 2.24) is 30.1 Å². The van der Waals surface area contributed by atoms with Crippen molar-refractivity contribution < 1.29 is 38.0 Å². The van der Waals surface area contributed by atoms with Crippen LogP contribution >= 0.6 is 0 Å². The Bertz CT molecular complexity index is 2280. The maximum Gasteiger partial charge on any atom is 0.319 e. The molecule has 2 aromatic carbocycles. The van der Waals surface area contributed by atoms with Crippen molar-refractivity contribution in [2.45, 2.75) is 70.4 Å². The highest BCUT2D eigenvalue weighted by Crippen LogP contribution is 2.49. The highest BCUT2D eigenvalue weighted by Gasteiger charge is 2.49. The van der Waals surface area contributed by atoms with E-state index in [0.29, 0.717) is 37.0 Å². The number of halogens is 2. The average molecular weight is 814 g/mol. The number of nitrogens with one attached hydrogen (secondary N) is 1. The van der Waals surface area contributed by atoms with Crippen LogP contribution in [-0.2, 0) is 4.74 Å². The maximum atomic E-state index is 17.4. The summed E-state index contributed by atoms with van der Waals surface area (Å²) in [4.78, 5) is 33.0. The lowest BCUT2D eigenvalue weighted by molar-refractivity contribution is -0.0124. The van der Waals surface area contributed by atoms with Crippen LogP contribution < -0.4 is 19.7 Å². The first kappa shape index (κ1) is 40.7. The molecule has 15 heteroatoms. The number of phenolic OH excluding ortho intramolecular Hbond substituents is 1. The standard InChI is InChI=1S/C44H53F2N7O6/c1-5-30-32(45)11-10-28-21-29(54)22-31(34(28)30)37-36(46)38-35(40(48-37)57-4)39(53-19-20-58-25-43(3,56)24-53)50-41(49-38)59-26-44-14-7-9-33(44)52(16-8-15-44)23-27-12-17-51(18-13-27)42(55)47-6-2/h1,10-11,21-22,27,33,54,56H,6-9,12-20,23-26H2,2-4H3,(H,47,55). The molecule has 3 unspecified atom stereocenters. The molecule has 3 N–H and O–H groups in total. The van der Waals surface area contributed by atoms with Crippen LogP contribution in [0.3, 0.4) is 0 Å². The van der Waals surface area contributed by atoms with E-state index in [9.17, 15) is 15.0 Å². The van der Waals surface area contributed by atoms with E-state index >= 15 is 8.78 Å². The number of ether oxygens (including phenoxy) is 3. The molecule has 2 aromatic heterocycles. The van der Waals surface area contributed by atoms with Crippen LogP contribution in [0, 0.1) is 35.3 Å². The summed E-state index contributed by atoms with van der Waals surface area (Å²) in [5, 5.41) is 25.7. The zero-order chi connectivity index (χ0) is 41.5. The summed E-state index contributed by atoms with van der Waals surface area (Å²) in [6.45, 7) is 8.83. The van der Waals surface area contributed by atoms with Gasteiger partial charge in [-0.1, -0.05) is 18.4 Å². The van der Waals surface area contributed by atoms with Gasteiger partial charge in [0.15, 0.2) is 5.82 Å². The van der Waals surface area contributed by atoms with Crippen LogP contribution in [0.5, 0.6) is 17.6 Å². The number of rotatable bonds is 9. The highest BCUT2D eigenvalue weighted by molar-refractivity contribution is 6.04. The fourth-order valence-corrected chi connectivity index (χ4v) is 10.0. The smallest absolute Gasteiger partial charge is 0.319 e. The van der Waals surface area contributed by atoms with Gasteiger partial charge in [0.25, 0.3) is 0 Å². The van der Waals surface area contributed by atoms with Crippen molar-refractivity contribution in [2.75, 3.05) is 77.6 Å². The molecule has 0 spiro atoms. The SMILES string of the molecule is C#Cc1c(F)ccc2cc(O)cc(-c3nc(OC)c4c(N5CCOCC(C)(O)C5)nc(OCC56CCCC5N(CC5CCN(C(=O)NCC)CC5)CCC6)nc4c3F)c12. The number of urea groups is 1. The summed E-state index contributed by atoms with van der Waals surface area (Å²) < 4.78 is 50.7. The normalized spacial score (nSPS) is 24.2. The number of benzene rings is 2. The van der Waals surface area contributed by atoms with Crippen molar-refractivity contribution in [3.8, 4) is 41.2 Å². The molecule has 4 fully saturated rings. The molecule has 8 rings (SSSR count). The first-order valence-electron chi connectivity index (χ1n) is 20.8. The molecule has 1 aliphatic carbocycles. The van der Waals surface area contributed by atoms with Crippen LogP contribution in [0.4, 0.5) is 19.4 Å². The van der Waals surface area contributed by atoms with E-state index in [2.05, 4.69) is 21.1 Å². The van der Waals surface area contributed by atoms with Gasteiger partial charge in [0, 0.05) is 55.1 Å². The van der Waals surface area contributed by atoms with E-state index in [1.807, 2.05) is 11.8 Å². The number of piperidine rings is 2. The molecule has 314 valence electrons. The predicted molar refractivity (Wildman–Crippen MR) is 220 cm³/mol. The maximum absolute atomic E-state index is 17.4. The van der Waals surface area contributed by atoms with Crippen molar-refractivity contribution in [3.05, 3.63) is 41.5 Å². The Morgan fingerprint density at radius 1 is 1.08 bits per heavy atom. The van der Waals surface area contributed by atoms with Crippen LogP contribution in [0.2, 0.25) is 0 Å². The molecule has 13 nitrogen and oxygen atoms in total. The Balaban J connectivity index is 1.16. The van der Waals surface area contributed by atoms with Gasteiger partial charge < -0.3 is 39.5 Å². The fraction of sp³-hybridized carbons (Fsp3) is 0.545. The molecule has 3 atom stereocenters. The van der Waals surface area contributed by atoms with E-state index in [4.69, 9.17) is 30.6 Å². The number of aliphatic hydroxyl groups is 1. The molecule has 5 heterocycles. The molecule has 2 amide bonds. The number of pyridine rings is 1. The first-order chi connectivity index (χ1) is 28.4. The molecule has 1 saturated carbocycles. The van der Waals surface area contributed by atoms with Gasteiger partial charge in [-0.15, -0.1) is 6.42 Å². The number of nitrogens with zero attached hydrogens (tertiary/aromatic N) is 6. The second kappa shape index (κ2) is 16.5. The number of amides is 2. The van der Waals surface area contributed by atoms with E-state index in [1.54, 1.807) is 11.8 Å². The van der Waals surface area contributed by atoms with E-state index in [1.165, 1.54) is 31.4 Å². The van der Waals surface area contributed by atoms with Crippen molar-refractivity contribution >= 4 is 33.5 Å². The molecular formula is C44H53F2N7O6. The van der Waals surface area contributed by atoms with Gasteiger partial charge in [-0.05, 0) is 88.4 Å². The molecular weight excluding hydrogens is 761 g/mol. The summed E-state index contributed by atoms with van der Waals surface area (Å²) in [5.41, 5.74) is -1.87. The Labute approximate surface area is 343 Å². The second-order valence-corrected chi connectivity index (χ2v) is 16.9. The third-order valence-corrected chi connectivity index (χ3v) is 12.7. The number of phenols is 1. The number of methoxy groups -OCH3 is 1. The number of aromatic nitrogens is 3. The number of carbonyl (C=O) groups is 1. The lowest BCUT2D eigenvalue weighted by Gasteiger charge is -2.47. The Morgan fingerprint density at radius 3 is 2.64 bits per heavy atom. The largest absolute Gasteiger partial charge is 0.508 e. The van der Waals surface area contributed by atoms with E-state index < -0.39 is 17.2 Å². The average Bonchev–Trinajstić information content (AvgIpc) is 3.58. The van der Waals surface area contributed by atoms with Gasteiger partial charge in [-0.3, -0.25) is 4.90 Å². The topological polar surface area (TPSA) is 146 Å². The van der Waals surface area contributed by atoms with Gasteiger partial charge in [-0.25, -0.2) is 18.6 Å². The van der Waals surface area contributed by atoms with Gasteiger partial charge in [-0.2, -0.15) is 9.97 Å². The first-order valence-corrected chi connectivity index (χ1v) is 20.8. The molecule has 59 heavy (non-hydrogen) atoms. The molecule has 0 radical (unpaired) electrons. The lowest BCUT2D eigenvalue weighted by Crippen LogP contribution is -2.54. The van der Waals surface area contributed by atoms with Crippen LogP contribution in [0.25, 0.3) is 32.9 Å². The summed E-state index contributed by atoms with van der Waals surface area (Å²) >= 11 is 0. The van der Waals surface area contributed by atoms with E-state index in [-0.39, 0.29) is 87.8 Å². The van der Waals surface area contributed by atoms with Crippen molar-refractivity contribution in [1.29, 1.82) is 0 Å². The lowest BCUT2D eigenvalue weighted by atomic mass is 9.75. The number of carbonyl (C=O) groups excluding carboxylic acids is 1. The summed E-state index contributed by atoms with van der Waals surface area (Å²) in [5.74, 6) is 1.37. The van der Waals surface area contributed by atoms with Crippen molar-refractivity contribution in [2.24, 2.45) is 11.3 Å². The molecule has 3 saturated heterocycles. The third kappa shape index (κ3) is 7.90. The summed E-state index contributed by atoms with van der Waals surface area (Å²) in [7, 11) is 1.40. The quantitative estimate of drug-likeness (QED) is 0.175. The van der Waals surface area contributed by atoms with Gasteiger partial charge >= 0.3 is 12.0 Å². The Morgan fingerprint density at radius 2 is 1.88 bits per heavy atom. The zero-order valence-corrected chi connectivity index (χ0v) is 34.0. The molecule has 0 bridgehead atoms. The molecule has 3 aliphatic heterocycles. The van der Waals surface area contributed by atoms with Gasteiger partial charge in [0.05, 0.1) is 39.0 Å². The summed E-state index contributed by atoms with van der Waals surface area (Å²) in [6.07, 6.45) is 12.8. The monoisotopic (exact) mass is 813 g/mol. The number of anilines is 1. The minimum atomic E-state index is -1.26. The van der Waals surface area contributed by atoms with Gasteiger partial charge in [0.1, 0.15) is 39.6 Å². The Kier molecular flexibility index (Phi) is 11.4. The second-order valence-electron chi connectivity index (χ2n) is 16.9. The van der Waals surface area contributed by atoms with Crippen molar-refractivity contribution in [3.63, 3.8) is 0 Å².